The molecule has 0 amide bonds. The summed E-state index contributed by atoms with van der Waals surface area (Å²) in [5.41, 5.74) is 4.04. The van der Waals surface area contributed by atoms with E-state index >= 15 is 0 Å². The fraction of sp³-hybridized carbons (Fsp3) is 0.400. The maximum atomic E-state index is 6.37. The lowest BCUT2D eigenvalue weighted by atomic mass is 9.81. The minimum Gasteiger partial charge on any atom is -0.493 e. The zero-order valence-electron chi connectivity index (χ0n) is 13.9. The van der Waals surface area contributed by atoms with E-state index in [0.29, 0.717) is 12.0 Å². The minimum atomic E-state index is 0. The van der Waals surface area contributed by atoms with Gasteiger partial charge in [-0.3, -0.25) is 5.84 Å². The Morgan fingerprint density at radius 1 is 1.08 bits per heavy atom. The van der Waals surface area contributed by atoms with Gasteiger partial charge in [0, 0.05) is 13.0 Å². The topological polar surface area (TPSA) is 38.5 Å². The fourth-order valence-corrected chi connectivity index (χ4v) is 4.16. The van der Waals surface area contributed by atoms with Crippen LogP contribution in [0.15, 0.2) is 48.5 Å². The summed E-state index contributed by atoms with van der Waals surface area (Å²) in [6.07, 6.45) is 4.46. The molecule has 2 aliphatic heterocycles. The monoisotopic (exact) mass is 344 g/mol. The van der Waals surface area contributed by atoms with Crippen molar-refractivity contribution in [2.24, 2.45) is 11.8 Å². The van der Waals surface area contributed by atoms with Crippen LogP contribution in [-0.4, -0.2) is 18.2 Å². The van der Waals surface area contributed by atoms with Gasteiger partial charge in [0.1, 0.15) is 5.75 Å². The summed E-state index contributed by atoms with van der Waals surface area (Å²) < 4.78 is 5.89. The number of hydrogen-bond acceptors (Lipinski definition) is 3. The van der Waals surface area contributed by atoms with Gasteiger partial charge in [0.15, 0.2) is 0 Å². The second kappa shape index (κ2) is 7.56. The van der Waals surface area contributed by atoms with Crippen molar-refractivity contribution in [2.75, 3.05) is 13.2 Å². The molecule has 1 fully saturated rings. The number of para-hydroxylation sites is 1. The highest BCUT2D eigenvalue weighted by atomic mass is 35.5. The second-order valence-corrected chi connectivity index (χ2v) is 6.70. The lowest BCUT2D eigenvalue weighted by Gasteiger charge is -2.39. The van der Waals surface area contributed by atoms with Crippen molar-refractivity contribution in [3.8, 4) is 5.75 Å². The molecule has 24 heavy (non-hydrogen) atoms. The predicted octanol–water partition coefficient (Wildman–Crippen LogP) is 3.91. The zero-order valence-corrected chi connectivity index (χ0v) is 14.7. The van der Waals surface area contributed by atoms with Gasteiger partial charge >= 0.3 is 0 Å². The molecule has 0 spiro atoms. The molecule has 2 N–H and O–H groups in total. The van der Waals surface area contributed by atoms with Gasteiger partial charge in [0.25, 0.3) is 0 Å². The van der Waals surface area contributed by atoms with Crippen LogP contribution in [0.3, 0.4) is 0 Å². The Labute approximate surface area is 150 Å². The number of nitrogens with two attached hydrogens (primary N) is 1. The maximum absolute atomic E-state index is 6.37. The Kier molecular flexibility index (Phi) is 5.44. The van der Waals surface area contributed by atoms with E-state index < -0.39 is 0 Å². The molecule has 2 aromatic rings. The van der Waals surface area contributed by atoms with Crippen molar-refractivity contribution in [1.29, 1.82) is 0 Å². The Bertz CT molecular complexity index is 677. The first-order valence-electron chi connectivity index (χ1n) is 8.63. The molecule has 2 aliphatic rings. The van der Waals surface area contributed by atoms with E-state index in [1.54, 1.807) is 0 Å². The summed E-state index contributed by atoms with van der Waals surface area (Å²) in [5.74, 6) is 8.04. The molecular weight excluding hydrogens is 320 g/mol. The highest BCUT2D eigenvalue weighted by Crippen LogP contribution is 2.39. The number of halogens is 1. The van der Waals surface area contributed by atoms with Crippen LogP contribution in [0.25, 0.3) is 0 Å². The highest BCUT2D eigenvalue weighted by Gasteiger charge is 2.32. The third kappa shape index (κ3) is 3.30. The molecular formula is C20H25ClN2O. The first-order valence-corrected chi connectivity index (χ1v) is 8.63. The first kappa shape index (κ1) is 17.3. The van der Waals surface area contributed by atoms with Crippen molar-refractivity contribution in [2.45, 2.75) is 31.7 Å². The molecule has 0 bridgehead atoms. The second-order valence-electron chi connectivity index (χ2n) is 6.70. The Balaban J connectivity index is 0.00000169. The average Bonchev–Trinajstić information content (AvgIpc) is 3.06. The lowest BCUT2D eigenvalue weighted by Crippen LogP contribution is -2.44. The van der Waals surface area contributed by atoms with Gasteiger partial charge in [-0.25, -0.2) is 5.01 Å². The van der Waals surface area contributed by atoms with Crippen LogP contribution in [0.5, 0.6) is 5.75 Å². The van der Waals surface area contributed by atoms with Crippen molar-refractivity contribution in [3.63, 3.8) is 0 Å². The SMILES string of the molecule is Cl.NN1CCC[C@@H](Cc2cccc3c2OCC3)[C@H]1c1ccccc1. The number of hydrazine groups is 1. The molecule has 3 nitrogen and oxygen atoms in total. The van der Waals surface area contributed by atoms with E-state index in [2.05, 4.69) is 48.5 Å². The van der Waals surface area contributed by atoms with E-state index in [1.807, 2.05) is 5.01 Å². The third-order valence-corrected chi connectivity index (χ3v) is 5.21. The standard InChI is InChI=1S/C20H24N2O.ClH/c21-22-12-5-10-17(19(22)15-6-2-1-3-7-15)14-18-9-4-8-16-11-13-23-20(16)18;/h1-4,6-9,17,19H,5,10-14,21H2;1H/t17-,19+;/m0./s1. The Morgan fingerprint density at radius 3 is 2.75 bits per heavy atom. The molecule has 2 atom stereocenters. The summed E-state index contributed by atoms with van der Waals surface area (Å²) in [6, 6.07) is 17.6. The third-order valence-electron chi connectivity index (χ3n) is 5.21. The molecule has 0 radical (unpaired) electrons. The van der Waals surface area contributed by atoms with Gasteiger partial charge in [-0.1, -0.05) is 48.5 Å². The van der Waals surface area contributed by atoms with Crippen LogP contribution < -0.4 is 10.6 Å². The normalized spacial score (nSPS) is 23.2. The highest BCUT2D eigenvalue weighted by molar-refractivity contribution is 5.85. The molecule has 0 unspecified atom stereocenters. The predicted molar refractivity (Wildman–Crippen MR) is 99.4 cm³/mol. The van der Waals surface area contributed by atoms with E-state index in [0.717, 1.165) is 31.7 Å². The van der Waals surface area contributed by atoms with Crippen molar-refractivity contribution in [3.05, 3.63) is 65.2 Å². The molecule has 2 heterocycles. The molecule has 0 saturated carbocycles. The Morgan fingerprint density at radius 2 is 1.92 bits per heavy atom. The molecule has 4 rings (SSSR count). The van der Waals surface area contributed by atoms with Gasteiger partial charge < -0.3 is 4.74 Å². The minimum absolute atomic E-state index is 0. The van der Waals surface area contributed by atoms with Crippen LogP contribution in [0.1, 0.15) is 35.6 Å². The number of fused-ring (bicyclic) bond motifs is 1. The number of benzene rings is 2. The molecule has 128 valence electrons. The summed E-state index contributed by atoms with van der Waals surface area (Å²) >= 11 is 0. The largest absolute Gasteiger partial charge is 0.493 e. The van der Waals surface area contributed by atoms with Crippen molar-refractivity contribution in [1.82, 2.24) is 5.01 Å². The zero-order chi connectivity index (χ0) is 15.6. The van der Waals surface area contributed by atoms with Crippen molar-refractivity contribution >= 4 is 12.4 Å². The summed E-state index contributed by atoms with van der Waals surface area (Å²) in [5, 5.41) is 2.04. The van der Waals surface area contributed by atoms with Crippen LogP contribution in [0.4, 0.5) is 0 Å². The lowest BCUT2D eigenvalue weighted by molar-refractivity contribution is 0.0922. The van der Waals surface area contributed by atoms with E-state index in [9.17, 15) is 0 Å². The average molecular weight is 345 g/mol. The van der Waals surface area contributed by atoms with Crippen molar-refractivity contribution < 1.29 is 4.74 Å². The smallest absolute Gasteiger partial charge is 0.125 e. The number of nitrogens with zero attached hydrogens (tertiary/aromatic N) is 1. The Hall–Kier alpha value is -1.55. The fourth-order valence-electron chi connectivity index (χ4n) is 4.16. The molecule has 1 saturated heterocycles. The van der Waals surface area contributed by atoms with Crippen LogP contribution in [0.2, 0.25) is 0 Å². The number of piperidine rings is 1. The quantitative estimate of drug-likeness (QED) is 0.858. The summed E-state index contributed by atoms with van der Waals surface area (Å²) in [7, 11) is 0. The van der Waals surface area contributed by atoms with Gasteiger partial charge in [-0.2, -0.15) is 0 Å². The van der Waals surface area contributed by atoms with Crippen LogP contribution in [-0.2, 0) is 12.8 Å². The number of rotatable bonds is 3. The molecule has 2 aromatic carbocycles. The number of ether oxygens (including phenoxy) is 1. The molecule has 0 aromatic heterocycles. The van der Waals surface area contributed by atoms with E-state index in [-0.39, 0.29) is 12.4 Å². The van der Waals surface area contributed by atoms with E-state index in [4.69, 9.17) is 10.6 Å². The maximum Gasteiger partial charge on any atom is 0.125 e. The first-order chi connectivity index (χ1) is 11.3. The van der Waals surface area contributed by atoms with Gasteiger partial charge in [0.05, 0.1) is 12.6 Å². The van der Waals surface area contributed by atoms with E-state index in [1.165, 1.54) is 29.5 Å². The van der Waals surface area contributed by atoms with Crippen LogP contribution >= 0.6 is 12.4 Å². The summed E-state index contributed by atoms with van der Waals surface area (Å²) in [4.78, 5) is 0. The summed E-state index contributed by atoms with van der Waals surface area (Å²) in [6.45, 7) is 1.79. The molecule has 0 aliphatic carbocycles. The van der Waals surface area contributed by atoms with Gasteiger partial charge in [-0.15, -0.1) is 12.4 Å². The number of hydrogen-bond donors (Lipinski definition) is 1. The van der Waals surface area contributed by atoms with Gasteiger partial charge in [-0.05, 0) is 41.9 Å². The molecule has 4 heteroatoms. The van der Waals surface area contributed by atoms with Gasteiger partial charge in [0.2, 0.25) is 0 Å². The van der Waals surface area contributed by atoms with Crippen LogP contribution in [0, 0.1) is 5.92 Å².